The summed E-state index contributed by atoms with van der Waals surface area (Å²) in [6, 6.07) is 12.5. The number of benzene rings is 1. The zero-order valence-electron chi connectivity index (χ0n) is 9.50. The molecule has 88 valence electrons. The fourth-order valence-electron chi connectivity index (χ4n) is 2.30. The van der Waals surface area contributed by atoms with Crippen LogP contribution in [0.15, 0.2) is 41.8 Å². The van der Waals surface area contributed by atoms with Crippen LogP contribution in [0.2, 0.25) is 0 Å². The van der Waals surface area contributed by atoms with E-state index in [1.807, 2.05) is 12.1 Å². The van der Waals surface area contributed by atoms with Gasteiger partial charge in [0.25, 0.3) is 0 Å². The highest BCUT2D eigenvalue weighted by Gasteiger charge is 2.26. The molecule has 0 saturated heterocycles. The van der Waals surface area contributed by atoms with E-state index < -0.39 is 0 Å². The first-order valence-corrected chi connectivity index (χ1v) is 6.72. The molecule has 1 aliphatic rings. The molecule has 2 unspecified atom stereocenters. The minimum Gasteiger partial charge on any atom is -0.493 e. The van der Waals surface area contributed by atoms with Crippen LogP contribution in [-0.4, -0.2) is 6.61 Å². The number of thiophene rings is 1. The molecule has 0 saturated carbocycles. The van der Waals surface area contributed by atoms with Gasteiger partial charge in [-0.05, 0) is 29.5 Å². The Kier molecular flexibility index (Phi) is 2.87. The van der Waals surface area contributed by atoms with Crippen LogP contribution in [0, 0.1) is 5.92 Å². The Hall–Kier alpha value is -1.32. The summed E-state index contributed by atoms with van der Waals surface area (Å²) in [5.41, 5.74) is 7.58. The standard InChI is InChI=1S/C14H15NOS/c15-14(13-6-3-7-17-13)11-8-10-4-1-2-5-12(10)16-9-11/h1-7,11,14H,8-9,15H2. The van der Waals surface area contributed by atoms with Crippen LogP contribution < -0.4 is 10.5 Å². The van der Waals surface area contributed by atoms with Crippen molar-refractivity contribution >= 4 is 11.3 Å². The van der Waals surface area contributed by atoms with Gasteiger partial charge in [0.2, 0.25) is 0 Å². The van der Waals surface area contributed by atoms with Gasteiger partial charge in [0.05, 0.1) is 6.61 Å². The second kappa shape index (κ2) is 4.51. The fraction of sp³-hybridized carbons (Fsp3) is 0.286. The number of nitrogens with two attached hydrogens (primary N) is 1. The molecular weight excluding hydrogens is 230 g/mol. The van der Waals surface area contributed by atoms with Crippen molar-refractivity contribution in [2.75, 3.05) is 6.61 Å². The number of para-hydroxylation sites is 1. The second-order valence-corrected chi connectivity index (χ2v) is 5.40. The number of hydrogen-bond acceptors (Lipinski definition) is 3. The van der Waals surface area contributed by atoms with E-state index in [4.69, 9.17) is 10.5 Å². The Bertz CT molecular complexity index is 495. The lowest BCUT2D eigenvalue weighted by Crippen LogP contribution is -2.30. The maximum absolute atomic E-state index is 6.30. The summed E-state index contributed by atoms with van der Waals surface area (Å²) in [5.74, 6) is 1.39. The zero-order chi connectivity index (χ0) is 11.7. The van der Waals surface area contributed by atoms with Crippen LogP contribution in [0.3, 0.4) is 0 Å². The van der Waals surface area contributed by atoms with E-state index in [0.717, 1.165) is 18.8 Å². The molecule has 1 aromatic carbocycles. The normalized spacial score (nSPS) is 20.4. The predicted octanol–water partition coefficient (Wildman–Crippen LogP) is 3.00. The smallest absolute Gasteiger partial charge is 0.122 e. The Morgan fingerprint density at radius 2 is 2.12 bits per heavy atom. The first-order valence-electron chi connectivity index (χ1n) is 5.84. The van der Waals surface area contributed by atoms with E-state index >= 15 is 0 Å². The van der Waals surface area contributed by atoms with Crippen LogP contribution in [0.4, 0.5) is 0 Å². The van der Waals surface area contributed by atoms with E-state index in [0.29, 0.717) is 5.92 Å². The third-order valence-corrected chi connectivity index (χ3v) is 4.26. The third-order valence-electron chi connectivity index (χ3n) is 3.29. The minimum absolute atomic E-state index is 0.0864. The van der Waals surface area contributed by atoms with E-state index in [2.05, 4.69) is 29.6 Å². The van der Waals surface area contributed by atoms with Gasteiger partial charge in [0.1, 0.15) is 5.75 Å². The van der Waals surface area contributed by atoms with Crippen molar-refractivity contribution < 1.29 is 4.74 Å². The van der Waals surface area contributed by atoms with Crippen LogP contribution in [0.25, 0.3) is 0 Å². The monoisotopic (exact) mass is 245 g/mol. The van der Waals surface area contributed by atoms with Gasteiger partial charge in [-0.1, -0.05) is 24.3 Å². The molecule has 2 N–H and O–H groups in total. The highest BCUT2D eigenvalue weighted by atomic mass is 32.1. The molecule has 0 bridgehead atoms. The third kappa shape index (κ3) is 2.08. The van der Waals surface area contributed by atoms with Gasteiger partial charge < -0.3 is 10.5 Å². The van der Waals surface area contributed by atoms with Crippen LogP contribution in [0.5, 0.6) is 5.75 Å². The van der Waals surface area contributed by atoms with Crippen LogP contribution in [0.1, 0.15) is 16.5 Å². The lowest BCUT2D eigenvalue weighted by molar-refractivity contribution is 0.201. The maximum atomic E-state index is 6.30. The summed E-state index contributed by atoms with van der Waals surface area (Å²) in [6.45, 7) is 0.718. The van der Waals surface area contributed by atoms with Gasteiger partial charge in [0.15, 0.2) is 0 Å². The van der Waals surface area contributed by atoms with Gasteiger partial charge >= 0.3 is 0 Å². The van der Waals surface area contributed by atoms with Gasteiger partial charge in [-0.3, -0.25) is 0 Å². The van der Waals surface area contributed by atoms with Crippen LogP contribution >= 0.6 is 11.3 Å². The van der Waals surface area contributed by atoms with Crippen molar-refractivity contribution in [2.45, 2.75) is 12.5 Å². The largest absolute Gasteiger partial charge is 0.493 e. The van der Waals surface area contributed by atoms with Gasteiger partial charge in [-0.15, -0.1) is 11.3 Å². The lowest BCUT2D eigenvalue weighted by atomic mass is 9.90. The average Bonchev–Trinajstić information content (AvgIpc) is 2.91. The van der Waals surface area contributed by atoms with Crippen molar-refractivity contribution in [3.05, 3.63) is 52.2 Å². The van der Waals surface area contributed by atoms with Crippen molar-refractivity contribution in [1.82, 2.24) is 0 Å². The summed E-state index contributed by atoms with van der Waals surface area (Å²) in [6.07, 6.45) is 1.01. The first-order chi connectivity index (χ1) is 8.34. The maximum Gasteiger partial charge on any atom is 0.122 e. The number of hydrogen-bond donors (Lipinski definition) is 1. The Morgan fingerprint density at radius 3 is 2.94 bits per heavy atom. The molecule has 0 aliphatic carbocycles. The minimum atomic E-state index is 0.0864. The highest BCUT2D eigenvalue weighted by molar-refractivity contribution is 7.10. The molecule has 0 radical (unpaired) electrons. The number of rotatable bonds is 2. The molecule has 0 fully saturated rings. The molecule has 0 spiro atoms. The summed E-state index contributed by atoms with van der Waals surface area (Å²) in [5, 5.41) is 2.08. The second-order valence-electron chi connectivity index (χ2n) is 4.42. The Balaban J connectivity index is 1.80. The number of fused-ring (bicyclic) bond motifs is 1. The zero-order valence-corrected chi connectivity index (χ0v) is 10.3. The van der Waals surface area contributed by atoms with Crippen LogP contribution in [-0.2, 0) is 6.42 Å². The van der Waals surface area contributed by atoms with Crippen molar-refractivity contribution in [3.63, 3.8) is 0 Å². The van der Waals surface area contributed by atoms with E-state index in [1.165, 1.54) is 10.4 Å². The molecule has 1 aromatic heterocycles. The van der Waals surface area contributed by atoms with Gasteiger partial charge in [-0.25, -0.2) is 0 Å². The topological polar surface area (TPSA) is 35.2 Å². The van der Waals surface area contributed by atoms with Crippen molar-refractivity contribution in [1.29, 1.82) is 0 Å². The molecule has 2 heterocycles. The Labute approximate surface area is 105 Å². The van der Waals surface area contributed by atoms with Crippen molar-refractivity contribution in [3.8, 4) is 5.75 Å². The quantitative estimate of drug-likeness (QED) is 0.882. The summed E-state index contributed by atoms with van der Waals surface area (Å²) < 4.78 is 5.78. The molecule has 17 heavy (non-hydrogen) atoms. The average molecular weight is 245 g/mol. The molecule has 2 nitrogen and oxygen atoms in total. The molecule has 3 rings (SSSR count). The SMILES string of the molecule is NC(c1cccs1)C1COc2ccccc2C1. The van der Waals surface area contributed by atoms with Gasteiger partial charge in [-0.2, -0.15) is 0 Å². The van der Waals surface area contributed by atoms with Crippen molar-refractivity contribution in [2.24, 2.45) is 11.7 Å². The molecule has 2 atom stereocenters. The van der Waals surface area contributed by atoms with E-state index in [9.17, 15) is 0 Å². The highest BCUT2D eigenvalue weighted by Crippen LogP contribution is 2.33. The first kappa shape index (κ1) is 10.8. The molecule has 2 aromatic rings. The lowest BCUT2D eigenvalue weighted by Gasteiger charge is -2.29. The van der Waals surface area contributed by atoms with Gasteiger partial charge in [0, 0.05) is 16.8 Å². The molecule has 1 aliphatic heterocycles. The fourth-order valence-corrected chi connectivity index (χ4v) is 3.12. The predicted molar refractivity (Wildman–Crippen MR) is 70.4 cm³/mol. The summed E-state index contributed by atoms with van der Waals surface area (Å²) in [4.78, 5) is 1.25. The molecule has 0 amide bonds. The molecule has 3 heteroatoms. The van der Waals surface area contributed by atoms with E-state index in [1.54, 1.807) is 11.3 Å². The number of ether oxygens (including phenoxy) is 1. The molecular formula is C14H15NOS. The Morgan fingerprint density at radius 1 is 1.24 bits per heavy atom. The summed E-state index contributed by atoms with van der Waals surface area (Å²) >= 11 is 1.73. The summed E-state index contributed by atoms with van der Waals surface area (Å²) in [7, 11) is 0. The van der Waals surface area contributed by atoms with E-state index in [-0.39, 0.29) is 6.04 Å².